The monoisotopic (exact) mass is 912 g/mol. The zero-order chi connectivity index (χ0) is 46.7. The van der Waals surface area contributed by atoms with E-state index in [4.69, 9.17) is 26.2 Å². The second-order valence-corrected chi connectivity index (χ2v) is 21.4. The molecular weight excluding hydrogens is 857 g/mol. The first kappa shape index (κ1) is 43.0. The fraction of sp³-hybridized carbons (Fsp3) is 0.592. The number of hydrogen-bond donors (Lipinski definition) is 3. The molecule has 4 unspecified atom stereocenters. The number of nitrogens with zero attached hydrogens (tertiary/aromatic N) is 7. The number of carbonyl (C=O) groups is 4. The van der Waals surface area contributed by atoms with Gasteiger partial charge in [-0.15, -0.1) is 0 Å². The van der Waals surface area contributed by atoms with Crippen molar-refractivity contribution in [2.45, 2.75) is 101 Å². The number of aryl methyl sites for hydroxylation is 1. The molecule has 14 rings (SSSR count). The summed E-state index contributed by atoms with van der Waals surface area (Å²) in [4.78, 5) is 82.4. The first-order valence-corrected chi connectivity index (χ1v) is 23.9. The van der Waals surface area contributed by atoms with Gasteiger partial charge in [0.1, 0.15) is 12.2 Å². The average molecular weight is 913 g/mol. The van der Waals surface area contributed by atoms with Crippen molar-refractivity contribution in [3.05, 3.63) is 68.5 Å². The predicted octanol–water partition coefficient (Wildman–Crippen LogP) is 4.54. The number of benzene rings is 2. The van der Waals surface area contributed by atoms with Gasteiger partial charge in [-0.3, -0.25) is 23.3 Å². The highest BCUT2D eigenvalue weighted by molar-refractivity contribution is 5.82. The van der Waals surface area contributed by atoms with Crippen molar-refractivity contribution in [3.63, 3.8) is 0 Å². The molecule has 18 nitrogen and oxygen atoms in total. The lowest BCUT2D eigenvalue weighted by Gasteiger charge is -2.58. The van der Waals surface area contributed by atoms with Gasteiger partial charge in [-0.25, -0.2) is 19.2 Å². The lowest BCUT2D eigenvalue weighted by atomic mass is 9.48. The Morgan fingerprint density at radius 1 is 0.657 bits per heavy atom. The molecule has 18 heteroatoms. The molecule has 350 valence electrons. The lowest BCUT2D eigenvalue weighted by Crippen LogP contribution is -2.59. The van der Waals surface area contributed by atoms with Gasteiger partial charge >= 0.3 is 23.6 Å². The number of aromatic nitrogens is 4. The molecule has 8 saturated carbocycles. The maximum Gasteiger partial charge on any atom is 0.410 e. The number of H-pyrrole nitrogens is 1. The van der Waals surface area contributed by atoms with Crippen LogP contribution in [0.3, 0.4) is 0 Å². The van der Waals surface area contributed by atoms with Crippen LogP contribution in [0.15, 0.2) is 46.0 Å². The van der Waals surface area contributed by atoms with Gasteiger partial charge in [-0.1, -0.05) is 0 Å². The van der Waals surface area contributed by atoms with Crippen molar-refractivity contribution in [2.24, 2.45) is 64.9 Å². The number of amides is 4. The molecular formula is C49H56N10O8. The summed E-state index contributed by atoms with van der Waals surface area (Å²) in [5.41, 5.74) is 14.2. The third-order valence-corrected chi connectivity index (χ3v) is 17.5. The molecule has 2 aliphatic heterocycles. The first-order valence-electron chi connectivity index (χ1n) is 23.9. The van der Waals surface area contributed by atoms with E-state index in [9.17, 15) is 34.0 Å². The molecule has 10 fully saturated rings. The van der Waals surface area contributed by atoms with E-state index in [0.29, 0.717) is 73.0 Å². The van der Waals surface area contributed by atoms with E-state index in [1.54, 1.807) is 66.9 Å². The van der Waals surface area contributed by atoms with Crippen LogP contribution >= 0.6 is 0 Å². The van der Waals surface area contributed by atoms with Crippen molar-refractivity contribution < 1.29 is 28.7 Å². The van der Waals surface area contributed by atoms with E-state index >= 15 is 0 Å². The molecule has 4 amide bonds. The Labute approximate surface area is 385 Å². The molecule has 0 spiro atoms. The number of ether oxygens (including phenoxy) is 2. The number of likely N-dealkylation sites (tertiary alicyclic amines) is 2. The van der Waals surface area contributed by atoms with Gasteiger partial charge in [-0.05, 0) is 149 Å². The molecule has 5 N–H and O–H groups in total. The Bertz CT molecular complexity index is 2920. The minimum atomic E-state index is -0.404. The standard InChI is InChI=1S/C25H29N5O4.C24H27N5O4/c1-28-20-8-14(12-26)2-3-19(20)30(23(28)32)18-4-5-29(13-18)24(33)34-21-16-6-15-7-17(21)11-25(9-15,10-16)22(27)31;25-11-13-1-2-19-18(7-13)27-22(31)29(19)17-3-4-28(12-17)23(32)33-20-15-5-14-6-16(20)10-24(8-14,9-15)21(26)30/h2-3,8,15-18,21H,4-7,9-11,13H2,1H3,(H2,27,31);1-2,7,14-17,20H,3-6,8-10,12H2,(H2,26,30)(H,27,31)/t15?,16?,17?,18-,21?,25?;14?,15?,16?,17-,20?,24?/m00/s1. The molecule has 4 heterocycles. The number of nitrogens with one attached hydrogen (secondary N) is 1. The highest BCUT2D eigenvalue weighted by atomic mass is 16.6. The van der Waals surface area contributed by atoms with Gasteiger partial charge in [0.15, 0.2) is 0 Å². The van der Waals surface area contributed by atoms with Crippen molar-refractivity contribution in [3.8, 4) is 12.1 Å². The van der Waals surface area contributed by atoms with Gasteiger partial charge in [-0.2, -0.15) is 10.5 Å². The Hall–Kier alpha value is -6.56. The molecule has 67 heavy (non-hydrogen) atoms. The van der Waals surface area contributed by atoms with E-state index in [1.165, 1.54) is 0 Å². The Morgan fingerprint density at radius 2 is 1.12 bits per heavy atom. The number of hydrogen-bond acceptors (Lipinski definition) is 10. The highest BCUT2D eigenvalue weighted by Gasteiger charge is 2.60. The number of nitrogens with two attached hydrogens (primary N) is 2. The number of primary amides is 2. The molecule has 2 saturated heterocycles. The molecule has 2 aromatic carbocycles. The quantitative estimate of drug-likeness (QED) is 0.243. The van der Waals surface area contributed by atoms with Gasteiger partial charge in [0.2, 0.25) is 11.8 Å². The van der Waals surface area contributed by atoms with Crippen LogP contribution in [0.25, 0.3) is 22.1 Å². The molecule has 2 aromatic heterocycles. The number of aromatic amines is 1. The largest absolute Gasteiger partial charge is 0.446 e. The second kappa shape index (κ2) is 15.8. The molecule has 8 bridgehead atoms. The Kier molecular flexibility index (Phi) is 10.1. The summed E-state index contributed by atoms with van der Waals surface area (Å²) in [5.74, 6) is 1.45. The van der Waals surface area contributed by atoms with Crippen LogP contribution < -0.4 is 22.8 Å². The topological polar surface area (TPSA) is 258 Å². The number of imidazole rings is 2. The van der Waals surface area contributed by atoms with Crippen LogP contribution in [0.5, 0.6) is 0 Å². The Balaban J connectivity index is 0.000000148. The Morgan fingerprint density at radius 3 is 1.60 bits per heavy atom. The fourth-order valence-corrected chi connectivity index (χ4v) is 14.9. The predicted molar refractivity (Wildman–Crippen MR) is 241 cm³/mol. The van der Waals surface area contributed by atoms with Crippen molar-refractivity contribution in [2.75, 3.05) is 26.2 Å². The van der Waals surface area contributed by atoms with Crippen LogP contribution in [0.4, 0.5) is 9.59 Å². The third kappa shape index (κ3) is 7.00. The van der Waals surface area contributed by atoms with Crippen molar-refractivity contribution in [1.29, 1.82) is 10.5 Å². The van der Waals surface area contributed by atoms with Crippen LogP contribution in [0.1, 0.15) is 100 Å². The molecule has 8 aliphatic carbocycles. The van der Waals surface area contributed by atoms with Gasteiger partial charge in [0.05, 0.1) is 68.2 Å². The van der Waals surface area contributed by atoms with Gasteiger partial charge in [0, 0.05) is 33.2 Å². The van der Waals surface area contributed by atoms with Crippen molar-refractivity contribution in [1.82, 2.24) is 28.5 Å². The maximum absolute atomic E-state index is 13.1. The highest BCUT2D eigenvalue weighted by Crippen LogP contribution is 2.62. The van der Waals surface area contributed by atoms with Gasteiger partial charge in [0.25, 0.3) is 0 Å². The summed E-state index contributed by atoms with van der Waals surface area (Å²) in [6.45, 7) is 1.86. The summed E-state index contributed by atoms with van der Waals surface area (Å²) in [6, 6.07) is 14.3. The van der Waals surface area contributed by atoms with E-state index in [2.05, 4.69) is 17.1 Å². The van der Waals surface area contributed by atoms with E-state index in [0.717, 1.165) is 75.2 Å². The summed E-state index contributed by atoms with van der Waals surface area (Å²) in [7, 11) is 1.70. The lowest BCUT2D eigenvalue weighted by molar-refractivity contribution is -0.162. The zero-order valence-electron chi connectivity index (χ0n) is 37.6. The summed E-state index contributed by atoms with van der Waals surface area (Å²) in [6.07, 6.45) is 9.06. The smallest absolute Gasteiger partial charge is 0.410 e. The number of fused-ring (bicyclic) bond motifs is 2. The molecule has 10 aliphatic rings. The summed E-state index contributed by atoms with van der Waals surface area (Å²) < 4.78 is 17.1. The normalized spacial score (nSPS) is 34.2. The zero-order valence-corrected chi connectivity index (χ0v) is 37.6. The average Bonchev–Trinajstić information content (AvgIpc) is 4.10. The number of rotatable bonds is 6. The van der Waals surface area contributed by atoms with Crippen molar-refractivity contribution >= 4 is 46.1 Å². The summed E-state index contributed by atoms with van der Waals surface area (Å²) >= 11 is 0. The minimum absolute atomic E-state index is 0.145. The van der Waals surface area contributed by atoms with Gasteiger partial charge < -0.3 is 35.7 Å². The van der Waals surface area contributed by atoms with E-state index in [1.807, 2.05) is 0 Å². The molecule has 6 atom stereocenters. The first-order chi connectivity index (χ1) is 32.2. The van der Waals surface area contributed by atoms with Crippen LogP contribution in [-0.2, 0) is 26.1 Å². The van der Waals surface area contributed by atoms with Crippen LogP contribution in [-0.4, -0.2) is 90.9 Å². The summed E-state index contributed by atoms with van der Waals surface area (Å²) in [5, 5.41) is 18.3. The van der Waals surface area contributed by atoms with E-state index in [-0.39, 0.29) is 83.3 Å². The molecule has 0 radical (unpaired) electrons. The maximum atomic E-state index is 13.1. The minimum Gasteiger partial charge on any atom is -0.446 e. The van der Waals surface area contributed by atoms with Crippen LogP contribution in [0, 0.1) is 69.0 Å². The molecule has 4 aromatic rings. The number of nitriles is 2. The second-order valence-electron chi connectivity index (χ2n) is 21.4. The van der Waals surface area contributed by atoms with Crippen LogP contribution in [0.2, 0.25) is 0 Å². The number of carbonyl (C=O) groups excluding carboxylic acids is 4. The third-order valence-electron chi connectivity index (χ3n) is 17.5. The van der Waals surface area contributed by atoms with E-state index < -0.39 is 10.8 Å². The SMILES string of the molecule is Cn1c(=O)n([C@H]2CCN(C(=O)OC3C4CC5CC3CC(C(N)=O)(C5)C4)C2)c2ccc(C#N)cc21.N#Cc1ccc2c(c1)[nH]c(=O)n2[C@H]1CCN(C(=O)OC2C3CC4CC2CC(C(N)=O)(C4)C3)C1. The fourth-order valence-electron chi connectivity index (χ4n) is 14.9.